The minimum Gasteiger partial charge on any atom is -0.507 e. The Labute approximate surface area is 117 Å². The summed E-state index contributed by atoms with van der Waals surface area (Å²) in [6.45, 7) is 2.11. The zero-order valence-corrected chi connectivity index (χ0v) is 11.7. The molecule has 1 fully saturated rings. The van der Waals surface area contributed by atoms with Crippen LogP contribution in [0.4, 0.5) is 0 Å². The third-order valence-electron chi connectivity index (χ3n) is 3.40. The molecule has 4 nitrogen and oxygen atoms in total. The van der Waals surface area contributed by atoms with Crippen LogP contribution in [0.1, 0.15) is 36.5 Å². The zero-order chi connectivity index (χ0) is 13.8. The van der Waals surface area contributed by atoms with E-state index in [-0.39, 0.29) is 23.1 Å². The number of rotatable bonds is 4. The van der Waals surface area contributed by atoms with Crippen LogP contribution in [0.15, 0.2) is 18.2 Å². The Kier molecular flexibility index (Phi) is 4.58. The number of amides is 1. The van der Waals surface area contributed by atoms with Gasteiger partial charge in [-0.3, -0.25) is 4.79 Å². The van der Waals surface area contributed by atoms with E-state index in [9.17, 15) is 15.0 Å². The molecule has 0 heterocycles. The molecule has 19 heavy (non-hydrogen) atoms. The lowest BCUT2D eigenvalue weighted by molar-refractivity contribution is 0.0933. The topological polar surface area (TPSA) is 69.6 Å². The molecule has 0 bridgehead atoms. The minimum atomic E-state index is -0.399. The van der Waals surface area contributed by atoms with Crippen molar-refractivity contribution >= 4 is 17.7 Å². The van der Waals surface area contributed by atoms with E-state index in [1.54, 1.807) is 0 Å². The Morgan fingerprint density at radius 3 is 2.68 bits per heavy atom. The summed E-state index contributed by atoms with van der Waals surface area (Å²) < 4.78 is 0. The van der Waals surface area contributed by atoms with Crippen molar-refractivity contribution in [3.05, 3.63) is 23.8 Å². The van der Waals surface area contributed by atoms with Crippen molar-refractivity contribution in [1.29, 1.82) is 0 Å². The summed E-state index contributed by atoms with van der Waals surface area (Å²) in [6.07, 6.45) is 3.17. The molecule has 0 radical (unpaired) electrons. The number of phenols is 2. The van der Waals surface area contributed by atoms with Gasteiger partial charge in [-0.05, 0) is 30.7 Å². The molecule has 1 aliphatic rings. The summed E-state index contributed by atoms with van der Waals surface area (Å²) in [7, 11) is 0. The van der Waals surface area contributed by atoms with Crippen LogP contribution in [-0.4, -0.2) is 33.2 Å². The lowest BCUT2D eigenvalue weighted by atomic mass is 10.1. The fourth-order valence-electron chi connectivity index (χ4n) is 2.51. The third kappa shape index (κ3) is 3.15. The Balaban J connectivity index is 2.08. The van der Waals surface area contributed by atoms with E-state index in [1.807, 2.05) is 11.8 Å². The van der Waals surface area contributed by atoms with Crippen LogP contribution >= 0.6 is 11.8 Å². The van der Waals surface area contributed by atoms with Crippen molar-refractivity contribution in [2.45, 2.75) is 37.5 Å². The number of hydrogen-bond acceptors (Lipinski definition) is 4. The van der Waals surface area contributed by atoms with Crippen LogP contribution in [-0.2, 0) is 0 Å². The smallest absolute Gasteiger partial charge is 0.259 e. The highest BCUT2D eigenvalue weighted by Gasteiger charge is 2.29. The number of thioether (sulfide) groups is 1. The first kappa shape index (κ1) is 14.1. The van der Waals surface area contributed by atoms with Gasteiger partial charge in [0.15, 0.2) is 0 Å². The molecule has 1 saturated carbocycles. The second-order valence-corrected chi connectivity index (χ2v) is 6.19. The second kappa shape index (κ2) is 6.19. The molecule has 1 aromatic rings. The number of nitrogens with one attached hydrogen (secondary N) is 1. The quantitative estimate of drug-likeness (QED) is 0.793. The van der Waals surface area contributed by atoms with Gasteiger partial charge < -0.3 is 15.5 Å². The predicted molar refractivity (Wildman–Crippen MR) is 76.8 cm³/mol. The molecule has 2 unspecified atom stereocenters. The maximum absolute atomic E-state index is 12.2. The van der Waals surface area contributed by atoms with Gasteiger partial charge in [-0.2, -0.15) is 11.8 Å². The fraction of sp³-hybridized carbons (Fsp3) is 0.500. The van der Waals surface area contributed by atoms with Crippen molar-refractivity contribution < 1.29 is 15.0 Å². The molecule has 2 rings (SSSR count). The van der Waals surface area contributed by atoms with Gasteiger partial charge in [0.05, 0.1) is 0 Å². The van der Waals surface area contributed by atoms with Crippen molar-refractivity contribution in [3.63, 3.8) is 0 Å². The number of aromatic hydroxyl groups is 2. The van der Waals surface area contributed by atoms with Crippen LogP contribution in [0.5, 0.6) is 11.5 Å². The average molecular weight is 281 g/mol. The highest BCUT2D eigenvalue weighted by Crippen LogP contribution is 2.31. The summed E-state index contributed by atoms with van der Waals surface area (Å²) in [5.41, 5.74) is -0.0327. The lowest BCUT2D eigenvalue weighted by Crippen LogP contribution is -2.38. The highest BCUT2D eigenvalue weighted by molar-refractivity contribution is 7.99. The van der Waals surface area contributed by atoms with Crippen LogP contribution in [0.3, 0.4) is 0 Å². The molecule has 1 aliphatic carbocycles. The number of phenolic OH excluding ortho intramolecular Hbond substituents is 2. The second-order valence-electron chi connectivity index (χ2n) is 4.68. The molecule has 2 atom stereocenters. The Morgan fingerprint density at radius 1 is 1.37 bits per heavy atom. The van der Waals surface area contributed by atoms with Crippen LogP contribution in [0.2, 0.25) is 0 Å². The van der Waals surface area contributed by atoms with E-state index in [2.05, 4.69) is 12.2 Å². The maximum Gasteiger partial charge on any atom is 0.259 e. The third-order valence-corrected chi connectivity index (χ3v) is 4.72. The molecule has 0 aliphatic heterocycles. The summed E-state index contributed by atoms with van der Waals surface area (Å²) in [6, 6.07) is 4.44. The van der Waals surface area contributed by atoms with Crippen LogP contribution in [0, 0.1) is 0 Å². The number of benzene rings is 1. The van der Waals surface area contributed by atoms with Crippen molar-refractivity contribution in [2.24, 2.45) is 0 Å². The molecular formula is C14H19NO3S. The van der Waals surface area contributed by atoms with Gasteiger partial charge in [0.25, 0.3) is 5.91 Å². The predicted octanol–water partition coefficient (Wildman–Crippen LogP) is 2.50. The highest BCUT2D eigenvalue weighted by atomic mass is 32.2. The molecule has 0 saturated heterocycles. The van der Waals surface area contributed by atoms with E-state index in [1.165, 1.54) is 18.2 Å². The molecule has 5 heteroatoms. The first-order valence-electron chi connectivity index (χ1n) is 6.57. The minimum absolute atomic E-state index is 0.0327. The Morgan fingerprint density at radius 2 is 2.05 bits per heavy atom. The van der Waals surface area contributed by atoms with Gasteiger partial charge in [-0.1, -0.05) is 19.4 Å². The molecule has 1 aromatic carbocycles. The molecule has 0 spiro atoms. The van der Waals surface area contributed by atoms with E-state index < -0.39 is 5.91 Å². The molecule has 3 N–H and O–H groups in total. The largest absolute Gasteiger partial charge is 0.507 e. The first-order chi connectivity index (χ1) is 9.13. The Bertz CT molecular complexity index is 444. The summed E-state index contributed by atoms with van der Waals surface area (Å²) in [5.74, 6) is 0.258. The van der Waals surface area contributed by atoms with Crippen LogP contribution < -0.4 is 5.32 Å². The SMILES string of the molecule is CCSC1CCCC1NC(=O)c1c(O)cccc1O. The summed E-state index contributed by atoms with van der Waals surface area (Å²) in [4.78, 5) is 12.2. The van der Waals surface area contributed by atoms with E-state index in [0.717, 1.165) is 25.0 Å². The van der Waals surface area contributed by atoms with E-state index in [4.69, 9.17) is 0 Å². The van der Waals surface area contributed by atoms with Gasteiger partial charge in [0.2, 0.25) is 0 Å². The summed E-state index contributed by atoms with van der Waals surface area (Å²) in [5, 5.41) is 22.7. The molecular weight excluding hydrogens is 262 g/mol. The van der Waals surface area contributed by atoms with Crippen LogP contribution in [0.25, 0.3) is 0 Å². The van der Waals surface area contributed by atoms with Crippen molar-refractivity contribution in [1.82, 2.24) is 5.32 Å². The van der Waals surface area contributed by atoms with Crippen molar-refractivity contribution in [2.75, 3.05) is 5.75 Å². The van der Waals surface area contributed by atoms with E-state index in [0.29, 0.717) is 5.25 Å². The number of hydrogen-bond donors (Lipinski definition) is 3. The van der Waals surface area contributed by atoms with Gasteiger partial charge in [0.1, 0.15) is 17.1 Å². The first-order valence-corrected chi connectivity index (χ1v) is 7.61. The monoisotopic (exact) mass is 281 g/mol. The fourth-order valence-corrected chi connectivity index (χ4v) is 3.70. The number of carbonyl (C=O) groups excluding carboxylic acids is 1. The zero-order valence-electron chi connectivity index (χ0n) is 10.9. The molecule has 1 amide bonds. The molecule has 104 valence electrons. The van der Waals surface area contributed by atoms with E-state index >= 15 is 0 Å². The Hall–Kier alpha value is -1.36. The average Bonchev–Trinajstić information content (AvgIpc) is 2.77. The van der Waals surface area contributed by atoms with Gasteiger partial charge in [-0.15, -0.1) is 0 Å². The number of carbonyl (C=O) groups is 1. The van der Waals surface area contributed by atoms with Gasteiger partial charge in [0, 0.05) is 11.3 Å². The van der Waals surface area contributed by atoms with Gasteiger partial charge >= 0.3 is 0 Å². The van der Waals surface area contributed by atoms with Crippen molar-refractivity contribution in [3.8, 4) is 11.5 Å². The summed E-state index contributed by atoms with van der Waals surface area (Å²) >= 11 is 1.85. The maximum atomic E-state index is 12.2. The standard InChI is InChI=1S/C14H19NO3S/c1-2-19-12-8-3-5-9(12)15-14(18)13-10(16)6-4-7-11(13)17/h4,6-7,9,12,16-17H,2-3,5,8H2,1H3,(H,15,18). The van der Waals surface area contributed by atoms with Gasteiger partial charge in [-0.25, -0.2) is 0 Å². The molecule has 0 aromatic heterocycles. The lowest BCUT2D eigenvalue weighted by Gasteiger charge is -2.20. The normalized spacial score (nSPS) is 22.4.